The van der Waals surface area contributed by atoms with Crippen LogP contribution in [0.15, 0.2) is 22.7 Å². The Morgan fingerprint density at radius 3 is 2.67 bits per heavy atom. The van der Waals surface area contributed by atoms with Crippen LogP contribution in [-0.4, -0.2) is 0 Å². The number of nitrogens with zero attached hydrogens (tertiary/aromatic N) is 1. The van der Waals surface area contributed by atoms with Crippen molar-refractivity contribution in [3.05, 3.63) is 34.1 Å². The fourth-order valence-electron chi connectivity index (χ4n) is 0.829. The van der Waals surface area contributed by atoms with Crippen LogP contribution in [-0.2, 0) is 0 Å². The molecule has 0 spiro atoms. The van der Waals surface area contributed by atoms with E-state index in [9.17, 15) is 4.39 Å². The summed E-state index contributed by atoms with van der Waals surface area (Å²) in [5, 5.41) is 8.46. The first-order valence-corrected chi connectivity index (χ1v) is 4.04. The number of benzene rings is 1. The quantitative estimate of drug-likeness (QED) is 0.801. The molecule has 0 saturated carbocycles. The molecule has 4 heteroatoms. The molecule has 1 atom stereocenters. The van der Waals surface area contributed by atoms with E-state index in [4.69, 9.17) is 11.0 Å². The molecule has 0 bridgehead atoms. The molecule has 0 unspecified atom stereocenters. The van der Waals surface area contributed by atoms with Gasteiger partial charge in [0.15, 0.2) is 0 Å². The maximum atomic E-state index is 12.7. The Kier molecular flexibility index (Phi) is 2.79. The van der Waals surface area contributed by atoms with Crippen LogP contribution in [0.3, 0.4) is 0 Å². The smallest absolute Gasteiger partial charge is 0.124 e. The molecule has 2 N–H and O–H groups in total. The van der Waals surface area contributed by atoms with Crippen LogP contribution in [0, 0.1) is 17.1 Å². The van der Waals surface area contributed by atoms with Crippen molar-refractivity contribution in [2.45, 2.75) is 6.04 Å². The molecule has 1 aromatic carbocycles. The number of rotatable bonds is 1. The number of hydrogen-bond acceptors (Lipinski definition) is 2. The van der Waals surface area contributed by atoms with Gasteiger partial charge in [0, 0.05) is 4.47 Å². The van der Waals surface area contributed by atoms with E-state index in [1.54, 1.807) is 6.07 Å². The molecule has 0 aromatic heterocycles. The van der Waals surface area contributed by atoms with Crippen LogP contribution in [0.5, 0.6) is 0 Å². The standard InChI is InChI=1S/C8H6BrFN2/c9-6-1-5(8(12)4-11)2-7(10)3-6/h1-3,8H,12H2/t8-/m1/s1. The number of hydrogen-bond donors (Lipinski definition) is 1. The second-order valence-electron chi connectivity index (χ2n) is 2.31. The Labute approximate surface area is 77.9 Å². The van der Waals surface area contributed by atoms with Gasteiger partial charge in [0.05, 0.1) is 6.07 Å². The molecule has 2 nitrogen and oxygen atoms in total. The highest BCUT2D eigenvalue weighted by Gasteiger charge is 2.06. The van der Waals surface area contributed by atoms with E-state index in [1.165, 1.54) is 12.1 Å². The number of halogens is 2. The topological polar surface area (TPSA) is 49.8 Å². The fourth-order valence-corrected chi connectivity index (χ4v) is 1.31. The van der Waals surface area contributed by atoms with Crippen LogP contribution in [0.2, 0.25) is 0 Å². The number of nitrogens with two attached hydrogens (primary N) is 1. The molecular weight excluding hydrogens is 223 g/mol. The normalized spacial score (nSPS) is 12.2. The van der Waals surface area contributed by atoms with Gasteiger partial charge in [-0.25, -0.2) is 4.39 Å². The minimum absolute atomic E-state index is 0.398. The van der Waals surface area contributed by atoms with Crippen LogP contribution < -0.4 is 5.73 Å². The van der Waals surface area contributed by atoms with Crippen molar-refractivity contribution in [3.63, 3.8) is 0 Å². The highest BCUT2D eigenvalue weighted by atomic mass is 79.9. The third kappa shape index (κ3) is 2.03. The second kappa shape index (κ2) is 3.65. The third-order valence-corrected chi connectivity index (χ3v) is 1.84. The van der Waals surface area contributed by atoms with Gasteiger partial charge in [0.2, 0.25) is 0 Å². The summed E-state index contributed by atoms with van der Waals surface area (Å²) < 4.78 is 13.3. The van der Waals surface area contributed by atoms with E-state index in [1.807, 2.05) is 6.07 Å². The highest BCUT2D eigenvalue weighted by molar-refractivity contribution is 9.10. The lowest BCUT2D eigenvalue weighted by Crippen LogP contribution is -2.07. The lowest BCUT2D eigenvalue weighted by molar-refractivity contribution is 0.623. The molecule has 12 heavy (non-hydrogen) atoms. The van der Waals surface area contributed by atoms with Crippen molar-refractivity contribution in [2.24, 2.45) is 5.73 Å². The lowest BCUT2D eigenvalue weighted by Gasteiger charge is -2.03. The van der Waals surface area contributed by atoms with Gasteiger partial charge in [-0.3, -0.25) is 0 Å². The van der Waals surface area contributed by atoms with E-state index in [-0.39, 0.29) is 0 Å². The molecule has 0 aliphatic heterocycles. The molecule has 0 aliphatic rings. The SMILES string of the molecule is N#C[C@@H](N)c1cc(F)cc(Br)c1. The first-order chi connectivity index (χ1) is 5.63. The summed E-state index contributed by atoms with van der Waals surface area (Å²) in [5.74, 6) is -0.398. The predicted molar refractivity (Wildman–Crippen MR) is 46.6 cm³/mol. The van der Waals surface area contributed by atoms with Crippen LogP contribution in [0.1, 0.15) is 11.6 Å². The van der Waals surface area contributed by atoms with Gasteiger partial charge >= 0.3 is 0 Å². The zero-order valence-electron chi connectivity index (χ0n) is 6.09. The Balaban J connectivity index is 3.10. The Bertz CT molecular complexity index is 312. The Morgan fingerprint density at radius 2 is 2.17 bits per heavy atom. The third-order valence-electron chi connectivity index (χ3n) is 1.38. The van der Waals surface area contributed by atoms with Crippen molar-refractivity contribution >= 4 is 15.9 Å². The van der Waals surface area contributed by atoms with Crippen molar-refractivity contribution in [1.29, 1.82) is 5.26 Å². The molecule has 0 aliphatic carbocycles. The molecular formula is C8H6BrFN2. The van der Waals surface area contributed by atoms with Crippen LogP contribution in [0.4, 0.5) is 4.39 Å². The molecule has 0 radical (unpaired) electrons. The predicted octanol–water partition coefficient (Wildman–Crippen LogP) is 2.11. The van der Waals surface area contributed by atoms with Crippen molar-refractivity contribution < 1.29 is 4.39 Å². The Morgan fingerprint density at radius 1 is 1.50 bits per heavy atom. The summed E-state index contributed by atoms with van der Waals surface area (Å²) in [6, 6.07) is 5.24. The largest absolute Gasteiger partial charge is 0.312 e. The average molecular weight is 229 g/mol. The van der Waals surface area contributed by atoms with Gasteiger partial charge < -0.3 is 5.73 Å². The summed E-state index contributed by atoms with van der Waals surface area (Å²) in [6.07, 6.45) is 0. The first kappa shape index (κ1) is 9.17. The zero-order chi connectivity index (χ0) is 9.14. The van der Waals surface area contributed by atoms with Gasteiger partial charge in [0.25, 0.3) is 0 Å². The minimum atomic E-state index is -0.767. The van der Waals surface area contributed by atoms with Crippen molar-refractivity contribution in [2.75, 3.05) is 0 Å². The highest BCUT2D eigenvalue weighted by Crippen LogP contribution is 2.18. The summed E-state index contributed by atoms with van der Waals surface area (Å²) in [5.41, 5.74) is 5.86. The Hall–Kier alpha value is -0.920. The summed E-state index contributed by atoms with van der Waals surface area (Å²) in [6.45, 7) is 0. The summed E-state index contributed by atoms with van der Waals surface area (Å²) in [7, 11) is 0. The molecule has 0 heterocycles. The van der Waals surface area contributed by atoms with E-state index < -0.39 is 11.9 Å². The van der Waals surface area contributed by atoms with E-state index >= 15 is 0 Å². The van der Waals surface area contributed by atoms with E-state index in [0.717, 1.165) is 0 Å². The molecule has 1 rings (SSSR count). The molecule has 0 saturated heterocycles. The van der Waals surface area contributed by atoms with Gasteiger partial charge in [0.1, 0.15) is 11.9 Å². The second-order valence-corrected chi connectivity index (χ2v) is 3.23. The minimum Gasteiger partial charge on any atom is -0.312 e. The maximum absolute atomic E-state index is 12.7. The van der Waals surface area contributed by atoms with Crippen LogP contribution in [0.25, 0.3) is 0 Å². The maximum Gasteiger partial charge on any atom is 0.124 e. The monoisotopic (exact) mass is 228 g/mol. The zero-order valence-corrected chi connectivity index (χ0v) is 7.68. The summed E-state index contributed by atoms with van der Waals surface area (Å²) >= 11 is 3.11. The van der Waals surface area contributed by atoms with E-state index in [0.29, 0.717) is 10.0 Å². The number of nitriles is 1. The molecule has 62 valence electrons. The van der Waals surface area contributed by atoms with Crippen molar-refractivity contribution in [1.82, 2.24) is 0 Å². The van der Waals surface area contributed by atoms with Gasteiger partial charge in [-0.2, -0.15) is 5.26 Å². The molecule has 0 fully saturated rings. The first-order valence-electron chi connectivity index (χ1n) is 3.24. The fraction of sp³-hybridized carbons (Fsp3) is 0.125. The van der Waals surface area contributed by atoms with Crippen molar-refractivity contribution in [3.8, 4) is 6.07 Å². The molecule has 0 amide bonds. The van der Waals surface area contributed by atoms with E-state index in [2.05, 4.69) is 15.9 Å². The summed E-state index contributed by atoms with van der Waals surface area (Å²) in [4.78, 5) is 0. The molecule has 1 aromatic rings. The average Bonchev–Trinajstić information content (AvgIpc) is 2.01. The lowest BCUT2D eigenvalue weighted by atomic mass is 10.1. The van der Waals surface area contributed by atoms with Gasteiger partial charge in [-0.15, -0.1) is 0 Å². The van der Waals surface area contributed by atoms with Crippen LogP contribution >= 0.6 is 15.9 Å². The van der Waals surface area contributed by atoms with Gasteiger partial charge in [-0.05, 0) is 23.8 Å². The van der Waals surface area contributed by atoms with Gasteiger partial charge in [-0.1, -0.05) is 15.9 Å².